The molecule has 19 heavy (non-hydrogen) atoms. The lowest BCUT2D eigenvalue weighted by molar-refractivity contribution is -0.121. The average molecular weight is 395 g/mol. The van der Waals surface area contributed by atoms with Gasteiger partial charge in [-0.15, -0.1) is 0 Å². The highest BCUT2D eigenvalue weighted by Crippen LogP contribution is 2.24. The molecule has 1 aromatic carbocycles. The third-order valence-electron chi connectivity index (χ3n) is 2.78. The lowest BCUT2D eigenvalue weighted by atomic mass is 10.2. The van der Waals surface area contributed by atoms with Crippen LogP contribution in [0.3, 0.4) is 0 Å². The second-order valence-corrected chi connectivity index (χ2v) is 6.14. The number of carbonyl (C=O) groups is 1. The number of nitrogens with one attached hydrogen (secondary N) is 2. The van der Waals surface area contributed by atoms with Gasteiger partial charge in [0.15, 0.2) is 0 Å². The van der Waals surface area contributed by atoms with Crippen LogP contribution in [0.25, 0.3) is 0 Å². The van der Waals surface area contributed by atoms with Gasteiger partial charge in [0.1, 0.15) is 6.04 Å². The smallest absolute Gasteiger partial charge is 0.242 e. The van der Waals surface area contributed by atoms with Crippen molar-refractivity contribution >= 4 is 45.8 Å². The predicted molar refractivity (Wildman–Crippen MR) is 89.8 cm³/mol. The highest BCUT2D eigenvalue weighted by atomic mass is 127. The van der Waals surface area contributed by atoms with Gasteiger partial charge in [-0.25, -0.2) is 0 Å². The summed E-state index contributed by atoms with van der Waals surface area (Å²) in [6.07, 6.45) is 3.33. The Balaban J connectivity index is 2.45. The molecule has 0 saturated heterocycles. The first-order chi connectivity index (χ1) is 9.04. The maximum atomic E-state index is 11.9. The first-order valence-electron chi connectivity index (χ1n) is 6.54. The van der Waals surface area contributed by atoms with Gasteiger partial charge >= 0.3 is 0 Å². The molecule has 1 unspecified atom stereocenters. The van der Waals surface area contributed by atoms with E-state index in [4.69, 9.17) is 11.6 Å². The molecule has 0 aromatic heterocycles. The van der Waals surface area contributed by atoms with E-state index in [1.54, 1.807) is 0 Å². The minimum atomic E-state index is -0.292. The fourth-order valence-electron chi connectivity index (χ4n) is 1.65. The molecule has 1 rings (SSSR count). The molecule has 0 aliphatic rings. The maximum Gasteiger partial charge on any atom is 0.242 e. The van der Waals surface area contributed by atoms with Crippen molar-refractivity contribution in [3.05, 3.63) is 26.8 Å². The van der Waals surface area contributed by atoms with E-state index in [1.165, 1.54) is 0 Å². The Labute approximate surface area is 133 Å². The third-order valence-corrected chi connectivity index (χ3v) is 3.76. The normalized spacial score (nSPS) is 12.0. The molecule has 1 amide bonds. The second-order valence-electron chi connectivity index (χ2n) is 4.49. The zero-order valence-corrected chi connectivity index (χ0v) is 14.2. The molecule has 106 valence electrons. The Kier molecular flexibility index (Phi) is 7.53. The number of unbranched alkanes of at least 4 members (excludes halogenated alkanes) is 2. The molecular formula is C14H20ClIN2O. The summed E-state index contributed by atoms with van der Waals surface area (Å²) < 4.78 is 1.07. The van der Waals surface area contributed by atoms with E-state index in [2.05, 4.69) is 40.1 Å². The molecule has 0 aliphatic heterocycles. The molecule has 0 fully saturated rings. The Morgan fingerprint density at radius 3 is 2.79 bits per heavy atom. The van der Waals surface area contributed by atoms with Crippen molar-refractivity contribution in [3.63, 3.8) is 0 Å². The quantitative estimate of drug-likeness (QED) is 0.541. The standard InChI is InChI=1S/C14H20ClIN2O/c1-3-4-5-8-17-14(19)10(2)18-13-7-6-11(16)9-12(13)15/h6-7,9-10,18H,3-5,8H2,1-2H3,(H,17,19). The summed E-state index contributed by atoms with van der Waals surface area (Å²) in [5.41, 5.74) is 0.790. The van der Waals surface area contributed by atoms with Crippen LogP contribution in [0.1, 0.15) is 33.1 Å². The summed E-state index contributed by atoms with van der Waals surface area (Å²) in [7, 11) is 0. The minimum absolute atomic E-state index is 0.00530. The van der Waals surface area contributed by atoms with E-state index in [0.717, 1.165) is 35.1 Å². The van der Waals surface area contributed by atoms with Crippen LogP contribution < -0.4 is 10.6 Å². The van der Waals surface area contributed by atoms with Crippen LogP contribution in [0.4, 0.5) is 5.69 Å². The molecule has 1 aromatic rings. The van der Waals surface area contributed by atoms with Crippen molar-refractivity contribution in [2.75, 3.05) is 11.9 Å². The predicted octanol–water partition coefficient (Wildman–Crippen LogP) is 4.05. The summed E-state index contributed by atoms with van der Waals surface area (Å²) in [4.78, 5) is 11.9. The Hall–Kier alpha value is -0.490. The van der Waals surface area contributed by atoms with Gasteiger partial charge in [0.2, 0.25) is 5.91 Å². The van der Waals surface area contributed by atoms with E-state index in [1.807, 2.05) is 25.1 Å². The van der Waals surface area contributed by atoms with Gasteiger partial charge in [0.05, 0.1) is 10.7 Å². The van der Waals surface area contributed by atoms with E-state index in [-0.39, 0.29) is 11.9 Å². The van der Waals surface area contributed by atoms with Crippen molar-refractivity contribution in [2.45, 2.75) is 39.2 Å². The van der Waals surface area contributed by atoms with Crippen LogP contribution in [0.5, 0.6) is 0 Å². The van der Waals surface area contributed by atoms with E-state index < -0.39 is 0 Å². The van der Waals surface area contributed by atoms with Crippen LogP contribution in [0.15, 0.2) is 18.2 Å². The van der Waals surface area contributed by atoms with Crippen molar-refractivity contribution in [2.24, 2.45) is 0 Å². The Morgan fingerprint density at radius 2 is 2.16 bits per heavy atom. The van der Waals surface area contributed by atoms with Gasteiger partial charge in [-0.2, -0.15) is 0 Å². The molecule has 0 spiro atoms. The van der Waals surface area contributed by atoms with Gasteiger partial charge < -0.3 is 10.6 Å². The zero-order chi connectivity index (χ0) is 14.3. The number of benzene rings is 1. The first-order valence-corrected chi connectivity index (χ1v) is 7.99. The molecule has 2 N–H and O–H groups in total. The highest BCUT2D eigenvalue weighted by Gasteiger charge is 2.13. The van der Waals surface area contributed by atoms with Gasteiger partial charge in [0.25, 0.3) is 0 Å². The first kappa shape index (κ1) is 16.6. The fourth-order valence-corrected chi connectivity index (χ4v) is 2.56. The molecule has 1 atom stereocenters. The topological polar surface area (TPSA) is 41.1 Å². The minimum Gasteiger partial charge on any atom is -0.373 e. The van der Waals surface area contributed by atoms with Crippen LogP contribution in [-0.2, 0) is 4.79 Å². The fraction of sp³-hybridized carbons (Fsp3) is 0.500. The molecule has 0 bridgehead atoms. The summed E-state index contributed by atoms with van der Waals surface area (Å²) in [5, 5.41) is 6.69. The van der Waals surface area contributed by atoms with Crippen LogP contribution in [-0.4, -0.2) is 18.5 Å². The SMILES string of the molecule is CCCCCNC(=O)C(C)Nc1ccc(I)cc1Cl. The molecule has 0 saturated carbocycles. The molecule has 0 aliphatic carbocycles. The number of hydrogen-bond acceptors (Lipinski definition) is 2. The largest absolute Gasteiger partial charge is 0.373 e. The van der Waals surface area contributed by atoms with Crippen molar-refractivity contribution in [1.82, 2.24) is 5.32 Å². The zero-order valence-electron chi connectivity index (χ0n) is 11.3. The lowest BCUT2D eigenvalue weighted by Gasteiger charge is -2.16. The van der Waals surface area contributed by atoms with Crippen molar-refractivity contribution in [1.29, 1.82) is 0 Å². The number of rotatable bonds is 7. The monoisotopic (exact) mass is 394 g/mol. The van der Waals surface area contributed by atoms with Crippen LogP contribution in [0, 0.1) is 3.57 Å². The van der Waals surface area contributed by atoms with Gasteiger partial charge in [0, 0.05) is 10.1 Å². The Bertz CT molecular complexity index is 426. The van der Waals surface area contributed by atoms with Crippen molar-refractivity contribution < 1.29 is 4.79 Å². The van der Waals surface area contributed by atoms with Gasteiger partial charge in [-0.05, 0) is 54.1 Å². The molecular weight excluding hydrogens is 375 g/mol. The van der Waals surface area contributed by atoms with E-state index in [9.17, 15) is 4.79 Å². The number of hydrogen-bond donors (Lipinski definition) is 2. The summed E-state index contributed by atoms with van der Waals surface area (Å²) in [6.45, 7) is 4.72. The van der Waals surface area contributed by atoms with E-state index in [0.29, 0.717) is 5.02 Å². The third kappa shape index (κ3) is 5.99. The Morgan fingerprint density at radius 1 is 1.42 bits per heavy atom. The average Bonchev–Trinajstić information content (AvgIpc) is 2.37. The molecule has 3 nitrogen and oxygen atoms in total. The summed E-state index contributed by atoms with van der Waals surface area (Å²) in [6, 6.07) is 5.43. The lowest BCUT2D eigenvalue weighted by Crippen LogP contribution is -2.38. The number of carbonyl (C=O) groups excluding carboxylic acids is 1. The summed E-state index contributed by atoms with van der Waals surface area (Å²) >= 11 is 8.33. The van der Waals surface area contributed by atoms with Gasteiger partial charge in [-0.1, -0.05) is 31.4 Å². The summed E-state index contributed by atoms with van der Waals surface area (Å²) in [5.74, 6) is 0.00530. The molecule has 5 heteroatoms. The van der Waals surface area contributed by atoms with Crippen LogP contribution >= 0.6 is 34.2 Å². The molecule has 0 radical (unpaired) electrons. The van der Waals surface area contributed by atoms with Gasteiger partial charge in [-0.3, -0.25) is 4.79 Å². The van der Waals surface area contributed by atoms with Crippen LogP contribution in [0.2, 0.25) is 5.02 Å². The van der Waals surface area contributed by atoms with Crippen molar-refractivity contribution in [3.8, 4) is 0 Å². The number of amides is 1. The maximum absolute atomic E-state index is 11.9. The highest BCUT2D eigenvalue weighted by molar-refractivity contribution is 14.1. The second kappa shape index (κ2) is 8.64. The number of anilines is 1. The van der Waals surface area contributed by atoms with E-state index >= 15 is 0 Å². The number of halogens is 2. The molecule has 0 heterocycles.